The SMILES string of the molecule is Cc1ncc(C(C)C2CCCCN2)n1C. The number of rotatable bonds is 2. The van der Waals surface area contributed by atoms with Gasteiger partial charge >= 0.3 is 0 Å². The van der Waals surface area contributed by atoms with Crippen LogP contribution in [-0.4, -0.2) is 22.1 Å². The Morgan fingerprint density at radius 3 is 2.87 bits per heavy atom. The summed E-state index contributed by atoms with van der Waals surface area (Å²) in [6, 6.07) is 0.633. The molecule has 0 spiro atoms. The van der Waals surface area contributed by atoms with Gasteiger partial charge in [-0.05, 0) is 26.3 Å². The number of aryl methyl sites for hydroxylation is 1. The van der Waals surface area contributed by atoms with Crippen molar-refractivity contribution in [2.45, 2.75) is 45.1 Å². The predicted octanol–water partition coefficient (Wildman–Crippen LogP) is 1.97. The molecule has 0 saturated carbocycles. The van der Waals surface area contributed by atoms with E-state index in [9.17, 15) is 0 Å². The lowest BCUT2D eigenvalue weighted by Crippen LogP contribution is -2.38. The van der Waals surface area contributed by atoms with Crippen LogP contribution < -0.4 is 5.32 Å². The van der Waals surface area contributed by atoms with E-state index in [-0.39, 0.29) is 0 Å². The number of hydrogen-bond donors (Lipinski definition) is 1. The quantitative estimate of drug-likeness (QED) is 0.803. The van der Waals surface area contributed by atoms with Crippen LogP contribution in [0.3, 0.4) is 0 Å². The van der Waals surface area contributed by atoms with Gasteiger partial charge in [0.15, 0.2) is 0 Å². The monoisotopic (exact) mass is 207 g/mol. The summed E-state index contributed by atoms with van der Waals surface area (Å²) >= 11 is 0. The van der Waals surface area contributed by atoms with Gasteiger partial charge in [-0.1, -0.05) is 13.3 Å². The van der Waals surface area contributed by atoms with Crippen molar-refractivity contribution in [3.8, 4) is 0 Å². The lowest BCUT2D eigenvalue weighted by atomic mass is 9.91. The molecule has 2 unspecified atom stereocenters. The highest BCUT2D eigenvalue weighted by Gasteiger charge is 2.23. The fourth-order valence-corrected chi connectivity index (χ4v) is 2.45. The van der Waals surface area contributed by atoms with E-state index < -0.39 is 0 Å². The standard InChI is InChI=1S/C12H21N3/c1-9(11-6-4-5-7-13-11)12-8-14-10(2)15(12)3/h8-9,11,13H,4-7H2,1-3H3. The summed E-state index contributed by atoms with van der Waals surface area (Å²) in [5.41, 5.74) is 1.35. The van der Waals surface area contributed by atoms with E-state index >= 15 is 0 Å². The van der Waals surface area contributed by atoms with Gasteiger partial charge in [0.1, 0.15) is 5.82 Å². The molecular formula is C12H21N3. The number of nitrogens with one attached hydrogen (secondary N) is 1. The van der Waals surface area contributed by atoms with Gasteiger partial charge in [-0.15, -0.1) is 0 Å². The van der Waals surface area contributed by atoms with Crippen molar-refractivity contribution in [2.75, 3.05) is 6.54 Å². The van der Waals surface area contributed by atoms with Crippen molar-refractivity contribution in [2.24, 2.45) is 7.05 Å². The van der Waals surface area contributed by atoms with Crippen LogP contribution >= 0.6 is 0 Å². The largest absolute Gasteiger partial charge is 0.335 e. The molecule has 1 aromatic heterocycles. The molecule has 1 aliphatic rings. The summed E-state index contributed by atoms with van der Waals surface area (Å²) in [6.45, 7) is 5.54. The minimum Gasteiger partial charge on any atom is -0.335 e. The summed E-state index contributed by atoms with van der Waals surface area (Å²) in [5.74, 6) is 1.67. The van der Waals surface area contributed by atoms with E-state index in [1.54, 1.807) is 0 Å². The summed E-state index contributed by atoms with van der Waals surface area (Å²) in [6.07, 6.45) is 6.01. The van der Waals surface area contributed by atoms with Crippen molar-refractivity contribution in [1.82, 2.24) is 14.9 Å². The molecule has 1 saturated heterocycles. The molecule has 0 bridgehead atoms. The number of nitrogens with zero attached hydrogens (tertiary/aromatic N) is 2. The lowest BCUT2D eigenvalue weighted by Gasteiger charge is -2.29. The van der Waals surface area contributed by atoms with Crippen molar-refractivity contribution < 1.29 is 0 Å². The van der Waals surface area contributed by atoms with E-state index in [1.807, 2.05) is 6.20 Å². The second-order valence-corrected chi connectivity index (χ2v) is 4.63. The molecule has 3 heteroatoms. The molecule has 0 aromatic carbocycles. The first kappa shape index (κ1) is 10.7. The average molecular weight is 207 g/mol. The zero-order valence-electron chi connectivity index (χ0n) is 9.95. The van der Waals surface area contributed by atoms with Gasteiger partial charge in [0.2, 0.25) is 0 Å². The van der Waals surface area contributed by atoms with Gasteiger partial charge in [0.25, 0.3) is 0 Å². The number of imidazole rings is 1. The molecule has 1 fully saturated rings. The molecule has 84 valence electrons. The maximum Gasteiger partial charge on any atom is 0.105 e. The molecule has 3 nitrogen and oxygen atoms in total. The lowest BCUT2D eigenvalue weighted by molar-refractivity contribution is 0.354. The van der Waals surface area contributed by atoms with Crippen molar-refractivity contribution in [3.05, 3.63) is 17.7 Å². The first-order valence-corrected chi connectivity index (χ1v) is 5.91. The third-order valence-electron chi connectivity index (χ3n) is 3.67. The normalized spacial score (nSPS) is 24.1. The maximum absolute atomic E-state index is 4.37. The summed E-state index contributed by atoms with van der Waals surface area (Å²) in [4.78, 5) is 4.37. The zero-order chi connectivity index (χ0) is 10.8. The first-order valence-electron chi connectivity index (χ1n) is 5.91. The first-order chi connectivity index (χ1) is 7.20. The summed E-state index contributed by atoms with van der Waals surface area (Å²) in [5, 5.41) is 3.61. The molecule has 1 aromatic rings. The zero-order valence-corrected chi connectivity index (χ0v) is 9.95. The van der Waals surface area contributed by atoms with Crippen LogP contribution in [0.5, 0.6) is 0 Å². The minimum atomic E-state index is 0.566. The van der Waals surface area contributed by atoms with Crippen molar-refractivity contribution in [1.29, 1.82) is 0 Å². The molecule has 2 rings (SSSR count). The Labute approximate surface area is 91.9 Å². The topological polar surface area (TPSA) is 29.9 Å². The molecular weight excluding hydrogens is 186 g/mol. The average Bonchev–Trinajstić information content (AvgIpc) is 2.60. The molecule has 0 aliphatic carbocycles. The van der Waals surface area contributed by atoms with E-state index in [2.05, 4.69) is 35.8 Å². The van der Waals surface area contributed by atoms with E-state index in [4.69, 9.17) is 0 Å². The van der Waals surface area contributed by atoms with E-state index in [0.29, 0.717) is 12.0 Å². The van der Waals surface area contributed by atoms with Gasteiger partial charge in [-0.25, -0.2) is 4.98 Å². The van der Waals surface area contributed by atoms with Gasteiger partial charge in [0.05, 0.1) is 0 Å². The van der Waals surface area contributed by atoms with E-state index in [0.717, 1.165) is 5.82 Å². The van der Waals surface area contributed by atoms with E-state index in [1.165, 1.54) is 31.5 Å². The third kappa shape index (κ3) is 2.07. The second-order valence-electron chi connectivity index (χ2n) is 4.63. The molecule has 15 heavy (non-hydrogen) atoms. The van der Waals surface area contributed by atoms with Crippen LogP contribution in [0.25, 0.3) is 0 Å². The van der Waals surface area contributed by atoms with Crippen molar-refractivity contribution in [3.63, 3.8) is 0 Å². The predicted molar refractivity (Wildman–Crippen MR) is 62.0 cm³/mol. The molecule has 2 heterocycles. The second kappa shape index (κ2) is 4.35. The molecule has 1 N–H and O–H groups in total. The van der Waals surface area contributed by atoms with Gasteiger partial charge in [0, 0.05) is 30.9 Å². The number of aromatic nitrogens is 2. The third-order valence-corrected chi connectivity index (χ3v) is 3.67. The van der Waals surface area contributed by atoms with Crippen LogP contribution in [0.2, 0.25) is 0 Å². The Hall–Kier alpha value is -0.830. The Balaban J connectivity index is 2.12. The van der Waals surface area contributed by atoms with Crippen LogP contribution in [0.1, 0.15) is 43.6 Å². The van der Waals surface area contributed by atoms with Gasteiger partial charge in [-0.3, -0.25) is 0 Å². The fraction of sp³-hybridized carbons (Fsp3) is 0.750. The number of piperidine rings is 1. The number of hydrogen-bond acceptors (Lipinski definition) is 2. The molecule has 0 radical (unpaired) electrons. The Morgan fingerprint density at radius 1 is 1.53 bits per heavy atom. The van der Waals surface area contributed by atoms with Gasteiger partial charge < -0.3 is 9.88 Å². The van der Waals surface area contributed by atoms with Crippen LogP contribution in [-0.2, 0) is 7.05 Å². The molecule has 2 atom stereocenters. The molecule has 1 aliphatic heterocycles. The summed E-state index contributed by atoms with van der Waals surface area (Å²) < 4.78 is 2.21. The Kier molecular flexibility index (Phi) is 3.10. The minimum absolute atomic E-state index is 0.566. The smallest absolute Gasteiger partial charge is 0.105 e. The Bertz CT molecular complexity index is 324. The highest BCUT2D eigenvalue weighted by Crippen LogP contribution is 2.24. The summed E-state index contributed by atoms with van der Waals surface area (Å²) in [7, 11) is 2.11. The Morgan fingerprint density at radius 2 is 2.33 bits per heavy atom. The van der Waals surface area contributed by atoms with Gasteiger partial charge in [-0.2, -0.15) is 0 Å². The van der Waals surface area contributed by atoms with Crippen molar-refractivity contribution >= 4 is 0 Å². The molecule has 0 amide bonds. The highest BCUT2D eigenvalue weighted by molar-refractivity contribution is 5.12. The van der Waals surface area contributed by atoms with Crippen LogP contribution in [0, 0.1) is 6.92 Å². The maximum atomic E-state index is 4.37. The van der Waals surface area contributed by atoms with Crippen LogP contribution in [0.4, 0.5) is 0 Å². The fourth-order valence-electron chi connectivity index (χ4n) is 2.45. The highest BCUT2D eigenvalue weighted by atomic mass is 15.1. The van der Waals surface area contributed by atoms with Crippen LogP contribution in [0.15, 0.2) is 6.20 Å².